The molecule has 0 aromatic heterocycles. The van der Waals surface area contributed by atoms with Crippen LogP contribution in [0.1, 0.15) is 27.7 Å². The summed E-state index contributed by atoms with van der Waals surface area (Å²) in [5.74, 6) is -4.84. The summed E-state index contributed by atoms with van der Waals surface area (Å²) in [6.07, 6.45) is -0.429. The quantitative estimate of drug-likeness (QED) is 0.476. The van der Waals surface area contributed by atoms with Crippen LogP contribution in [0.25, 0.3) is 0 Å². The van der Waals surface area contributed by atoms with Gasteiger partial charge in [0, 0.05) is 0 Å². The lowest BCUT2D eigenvalue weighted by atomic mass is 10.2. The first-order chi connectivity index (χ1) is 10.3. The van der Waals surface area contributed by atoms with E-state index in [9.17, 15) is 18.0 Å². The molecule has 4 nitrogen and oxygen atoms in total. The SMILES string of the molecule is CCN(CC)C(C)OC(=O)C(C)Nc1ccc(F)c(F)c1F. The van der Waals surface area contributed by atoms with E-state index in [2.05, 4.69) is 5.32 Å². The first kappa shape index (κ1) is 18.3. The molecule has 2 unspecified atom stereocenters. The third-order valence-electron chi connectivity index (χ3n) is 3.37. The molecule has 1 N–H and O–H groups in total. The maximum Gasteiger partial charge on any atom is 0.329 e. The van der Waals surface area contributed by atoms with Crippen LogP contribution in [0.5, 0.6) is 0 Å². The average molecular weight is 318 g/mol. The number of nitrogens with zero attached hydrogens (tertiary/aromatic N) is 1. The molecule has 0 aliphatic carbocycles. The summed E-state index contributed by atoms with van der Waals surface area (Å²) in [5, 5.41) is 2.48. The highest BCUT2D eigenvalue weighted by Gasteiger charge is 2.22. The predicted octanol–water partition coefficient (Wildman–Crippen LogP) is 3.14. The monoisotopic (exact) mass is 318 g/mol. The van der Waals surface area contributed by atoms with Crippen molar-refractivity contribution in [3.63, 3.8) is 0 Å². The Hall–Kier alpha value is -1.76. The fourth-order valence-corrected chi connectivity index (χ4v) is 2.01. The van der Waals surface area contributed by atoms with Gasteiger partial charge in [0.25, 0.3) is 0 Å². The van der Waals surface area contributed by atoms with Crippen molar-refractivity contribution in [2.75, 3.05) is 18.4 Å². The van der Waals surface area contributed by atoms with Crippen molar-refractivity contribution in [2.45, 2.75) is 40.0 Å². The lowest BCUT2D eigenvalue weighted by Gasteiger charge is -2.27. The molecule has 0 heterocycles. The molecule has 124 valence electrons. The molecule has 0 fully saturated rings. The number of benzene rings is 1. The van der Waals surface area contributed by atoms with Crippen LogP contribution in [0.2, 0.25) is 0 Å². The smallest absolute Gasteiger partial charge is 0.329 e. The van der Waals surface area contributed by atoms with E-state index in [0.29, 0.717) is 13.1 Å². The minimum atomic E-state index is -1.58. The molecule has 0 aliphatic rings. The zero-order valence-electron chi connectivity index (χ0n) is 13.1. The van der Waals surface area contributed by atoms with Crippen molar-refractivity contribution >= 4 is 11.7 Å². The summed E-state index contributed by atoms with van der Waals surface area (Å²) in [6.45, 7) is 8.49. The standard InChI is InChI=1S/C15H21F3N2O2/c1-5-20(6-2)10(4)22-15(21)9(3)19-12-8-7-11(16)13(17)14(12)18/h7-10,19H,5-6H2,1-4H3. The van der Waals surface area contributed by atoms with Gasteiger partial charge in [-0.05, 0) is 39.1 Å². The van der Waals surface area contributed by atoms with Gasteiger partial charge in [-0.1, -0.05) is 13.8 Å². The molecule has 1 rings (SSSR count). The van der Waals surface area contributed by atoms with Crippen LogP contribution < -0.4 is 5.32 Å². The zero-order chi connectivity index (χ0) is 16.9. The molecule has 0 amide bonds. The number of carbonyl (C=O) groups is 1. The summed E-state index contributed by atoms with van der Waals surface area (Å²) in [6, 6.07) is 0.917. The summed E-state index contributed by atoms with van der Waals surface area (Å²) in [7, 11) is 0. The van der Waals surface area contributed by atoms with Crippen molar-refractivity contribution < 1.29 is 22.7 Å². The number of ether oxygens (including phenoxy) is 1. The topological polar surface area (TPSA) is 41.6 Å². The van der Waals surface area contributed by atoms with E-state index in [-0.39, 0.29) is 5.69 Å². The molecule has 22 heavy (non-hydrogen) atoms. The number of rotatable bonds is 7. The minimum absolute atomic E-state index is 0.293. The van der Waals surface area contributed by atoms with Crippen LogP contribution in [0.4, 0.5) is 18.9 Å². The number of hydrogen-bond acceptors (Lipinski definition) is 4. The summed E-state index contributed by atoms with van der Waals surface area (Å²) >= 11 is 0. The van der Waals surface area contributed by atoms with E-state index in [4.69, 9.17) is 4.74 Å². The molecule has 7 heteroatoms. The Morgan fingerprint density at radius 1 is 1.18 bits per heavy atom. The molecule has 1 aromatic carbocycles. The van der Waals surface area contributed by atoms with Crippen LogP contribution in [-0.2, 0) is 9.53 Å². The Kier molecular flexibility index (Phi) is 6.67. The van der Waals surface area contributed by atoms with Gasteiger partial charge in [-0.25, -0.2) is 18.0 Å². The molecule has 0 aliphatic heterocycles. The highest BCUT2D eigenvalue weighted by molar-refractivity contribution is 5.79. The highest BCUT2D eigenvalue weighted by atomic mass is 19.2. The summed E-state index contributed by atoms with van der Waals surface area (Å²) in [5.41, 5.74) is -0.293. The second-order valence-corrected chi connectivity index (χ2v) is 4.85. The molecule has 0 saturated heterocycles. The van der Waals surface area contributed by atoms with Crippen LogP contribution in [0, 0.1) is 17.5 Å². The van der Waals surface area contributed by atoms with E-state index in [1.54, 1.807) is 6.92 Å². The minimum Gasteiger partial charge on any atom is -0.445 e. The second kappa shape index (κ2) is 8.03. The largest absolute Gasteiger partial charge is 0.445 e. The number of hydrogen-bond donors (Lipinski definition) is 1. The normalized spacial score (nSPS) is 13.8. The van der Waals surface area contributed by atoms with E-state index in [1.807, 2.05) is 18.7 Å². The lowest BCUT2D eigenvalue weighted by molar-refractivity contribution is -0.157. The Labute approximate surface area is 128 Å². The summed E-state index contributed by atoms with van der Waals surface area (Å²) < 4.78 is 44.8. The molecule has 0 radical (unpaired) electrons. The zero-order valence-corrected chi connectivity index (χ0v) is 13.1. The lowest BCUT2D eigenvalue weighted by Crippen LogP contribution is -2.40. The number of esters is 1. The Morgan fingerprint density at radius 3 is 2.32 bits per heavy atom. The number of carbonyl (C=O) groups excluding carboxylic acids is 1. The van der Waals surface area contributed by atoms with Crippen molar-refractivity contribution in [2.24, 2.45) is 0 Å². The second-order valence-electron chi connectivity index (χ2n) is 4.85. The number of halogens is 3. The van der Waals surface area contributed by atoms with Crippen LogP contribution in [-0.4, -0.2) is 36.2 Å². The third kappa shape index (κ3) is 4.37. The first-order valence-corrected chi connectivity index (χ1v) is 7.16. The maximum atomic E-state index is 13.5. The number of anilines is 1. The van der Waals surface area contributed by atoms with Gasteiger partial charge in [0.15, 0.2) is 23.7 Å². The highest BCUT2D eigenvalue weighted by Crippen LogP contribution is 2.20. The Morgan fingerprint density at radius 2 is 1.77 bits per heavy atom. The maximum absolute atomic E-state index is 13.5. The first-order valence-electron chi connectivity index (χ1n) is 7.16. The van der Waals surface area contributed by atoms with Gasteiger partial charge in [0.1, 0.15) is 6.04 Å². The van der Waals surface area contributed by atoms with Crippen molar-refractivity contribution in [3.8, 4) is 0 Å². The van der Waals surface area contributed by atoms with E-state index in [0.717, 1.165) is 12.1 Å². The van der Waals surface area contributed by atoms with Gasteiger partial charge in [0.2, 0.25) is 0 Å². The van der Waals surface area contributed by atoms with Crippen molar-refractivity contribution in [1.29, 1.82) is 0 Å². The van der Waals surface area contributed by atoms with Crippen LogP contribution >= 0.6 is 0 Å². The van der Waals surface area contributed by atoms with Crippen molar-refractivity contribution in [3.05, 3.63) is 29.6 Å². The van der Waals surface area contributed by atoms with E-state index < -0.39 is 35.7 Å². The van der Waals surface area contributed by atoms with Crippen molar-refractivity contribution in [1.82, 2.24) is 4.90 Å². The summed E-state index contributed by atoms with van der Waals surface area (Å²) in [4.78, 5) is 13.9. The molecule has 2 atom stereocenters. The van der Waals surface area contributed by atoms with Crippen LogP contribution in [0.15, 0.2) is 12.1 Å². The molecule has 0 saturated carbocycles. The predicted molar refractivity (Wildman–Crippen MR) is 77.9 cm³/mol. The Bertz CT molecular complexity index is 522. The molecule has 1 aromatic rings. The van der Waals surface area contributed by atoms with Gasteiger partial charge in [0.05, 0.1) is 5.69 Å². The molecular formula is C15H21F3N2O2. The Balaban J connectivity index is 2.71. The van der Waals surface area contributed by atoms with E-state index >= 15 is 0 Å². The fourth-order valence-electron chi connectivity index (χ4n) is 2.01. The number of nitrogens with one attached hydrogen (secondary N) is 1. The third-order valence-corrected chi connectivity index (χ3v) is 3.37. The average Bonchev–Trinajstić information content (AvgIpc) is 2.48. The molecule has 0 bridgehead atoms. The molecule has 0 spiro atoms. The van der Waals surface area contributed by atoms with Gasteiger partial charge in [-0.15, -0.1) is 0 Å². The van der Waals surface area contributed by atoms with Crippen LogP contribution in [0.3, 0.4) is 0 Å². The molecular weight excluding hydrogens is 297 g/mol. The van der Waals surface area contributed by atoms with Gasteiger partial charge in [-0.3, -0.25) is 4.90 Å². The van der Waals surface area contributed by atoms with Gasteiger partial charge in [-0.2, -0.15) is 0 Å². The van der Waals surface area contributed by atoms with Gasteiger partial charge < -0.3 is 10.1 Å². The van der Waals surface area contributed by atoms with Gasteiger partial charge >= 0.3 is 5.97 Å². The van der Waals surface area contributed by atoms with E-state index in [1.165, 1.54) is 6.92 Å². The fraction of sp³-hybridized carbons (Fsp3) is 0.533.